The molecule has 4 rings (SSSR count). The number of alkyl halides is 3. The van der Waals surface area contributed by atoms with Gasteiger partial charge in [0.2, 0.25) is 0 Å². The SMILES string of the molecule is CN(C)CCCN=C1CC(c2ccccc2C(F)(F)F)Cc2c1c(=O)c1cc(Cl)ccc1n2O. The van der Waals surface area contributed by atoms with Crippen molar-refractivity contribution >= 4 is 28.2 Å². The summed E-state index contributed by atoms with van der Waals surface area (Å²) in [6.45, 7) is 1.20. The second kappa shape index (κ2) is 9.43. The zero-order valence-electron chi connectivity index (χ0n) is 18.9. The Bertz CT molecular complexity index is 1320. The third-order valence-electron chi connectivity index (χ3n) is 6.14. The van der Waals surface area contributed by atoms with Crippen molar-refractivity contribution < 1.29 is 18.4 Å². The Morgan fingerprint density at radius 3 is 2.62 bits per heavy atom. The number of benzene rings is 2. The minimum absolute atomic E-state index is 0.0729. The summed E-state index contributed by atoms with van der Waals surface area (Å²) in [5, 5.41) is 11.6. The van der Waals surface area contributed by atoms with Gasteiger partial charge in [-0.3, -0.25) is 9.79 Å². The lowest BCUT2D eigenvalue weighted by Crippen LogP contribution is -2.32. The van der Waals surface area contributed by atoms with Crippen LogP contribution in [0, 0.1) is 0 Å². The van der Waals surface area contributed by atoms with Crippen LogP contribution in [0.25, 0.3) is 10.9 Å². The number of aromatic nitrogens is 1. The van der Waals surface area contributed by atoms with Gasteiger partial charge in [0, 0.05) is 17.3 Å². The van der Waals surface area contributed by atoms with E-state index in [0.29, 0.717) is 17.3 Å². The fourth-order valence-corrected chi connectivity index (χ4v) is 4.77. The van der Waals surface area contributed by atoms with E-state index >= 15 is 0 Å². The van der Waals surface area contributed by atoms with Crippen LogP contribution in [0.3, 0.4) is 0 Å². The van der Waals surface area contributed by atoms with E-state index in [1.807, 2.05) is 19.0 Å². The molecule has 34 heavy (non-hydrogen) atoms. The standard InChI is InChI=1S/C25H25ClF3N3O2/c1-31(2)11-5-10-30-20-12-15(17-6-3-4-7-19(17)25(27,28)29)13-22-23(20)24(33)18-14-16(26)8-9-21(18)32(22)34/h3-4,6-9,14-15,34H,5,10-13H2,1-2H3. The lowest BCUT2D eigenvalue weighted by Gasteiger charge is -2.29. The number of hydrogen-bond acceptors (Lipinski definition) is 4. The van der Waals surface area contributed by atoms with Crippen molar-refractivity contribution in [2.24, 2.45) is 4.99 Å². The highest BCUT2D eigenvalue weighted by Crippen LogP contribution is 2.40. The average Bonchev–Trinajstić information content (AvgIpc) is 2.79. The van der Waals surface area contributed by atoms with E-state index in [1.54, 1.807) is 12.1 Å². The molecule has 1 atom stereocenters. The maximum Gasteiger partial charge on any atom is 0.416 e. The quantitative estimate of drug-likeness (QED) is 0.385. The van der Waals surface area contributed by atoms with Crippen LogP contribution < -0.4 is 5.43 Å². The van der Waals surface area contributed by atoms with Crippen LogP contribution in [-0.4, -0.2) is 47.7 Å². The highest BCUT2D eigenvalue weighted by atomic mass is 35.5. The summed E-state index contributed by atoms with van der Waals surface area (Å²) >= 11 is 6.09. The summed E-state index contributed by atoms with van der Waals surface area (Å²) in [6.07, 6.45) is -3.55. The molecular weight excluding hydrogens is 467 g/mol. The summed E-state index contributed by atoms with van der Waals surface area (Å²) < 4.78 is 42.2. The number of aliphatic imine (C=N–C) groups is 1. The summed E-state index contributed by atoms with van der Waals surface area (Å²) in [5.41, 5.74) is 0.274. The van der Waals surface area contributed by atoms with Gasteiger partial charge in [0.1, 0.15) is 0 Å². The normalized spacial score (nSPS) is 17.5. The summed E-state index contributed by atoms with van der Waals surface area (Å²) in [7, 11) is 3.88. The molecule has 1 unspecified atom stereocenters. The average molecular weight is 492 g/mol. The maximum absolute atomic E-state index is 13.8. The van der Waals surface area contributed by atoms with E-state index in [2.05, 4.69) is 4.99 Å². The van der Waals surface area contributed by atoms with Crippen molar-refractivity contribution in [1.29, 1.82) is 0 Å². The molecule has 9 heteroatoms. The van der Waals surface area contributed by atoms with Gasteiger partial charge in [-0.05, 0) is 75.6 Å². The molecule has 1 aliphatic rings. The molecule has 1 heterocycles. The van der Waals surface area contributed by atoms with Crippen molar-refractivity contribution in [3.8, 4) is 0 Å². The van der Waals surface area contributed by atoms with Gasteiger partial charge in [-0.1, -0.05) is 29.8 Å². The Morgan fingerprint density at radius 1 is 1.18 bits per heavy atom. The highest BCUT2D eigenvalue weighted by Gasteiger charge is 2.38. The molecule has 1 N–H and O–H groups in total. The Balaban J connectivity index is 1.88. The second-order valence-corrected chi connectivity index (χ2v) is 9.24. The molecule has 3 aromatic rings. The van der Waals surface area contributed by atoms with Gasteiger partial charge in [-0.2, -0.15) is 17.9 Å². The molecule has 180 valence electrons. The van der Waals surface area contributed by atoms with Crippen LogP contribution in [0.5, 0.6) is 0 Å². The predicted molar refractivity (Wildman–Crippen MR) is 127 cm³/mol. The first kappa shape index (κ1) is 24.3. The van der Waals surface area contributed by atoms with Gasteiger partial charge in [-0.25, -0.2) is 0 Å². The summed E-state index contributed by atoms with van der Waals surface area (Å²) in [4.78, 5) is 20.1. The molecule has 0 aliphatic heterocycles. The van der Waals surface area contributed by atoms with Crippen LogP contribution in [0.4, 0.5) is 13.2 Å². The number of halogens is 4. The lowest BCUT2D eigenvalue weighted by molar-refractivity contribution is -0.138. The molecule has 2 aromatic carbocycles. The molecule has 1 aromatic heterocycles. The third-order valence-corrected chi connectivity index (χ3v) is 6.38. The lowest BCUT2D eigenvalue weighted by atomic mass is 9.79. The van der Waals surface area contributed by atoms with Crippen LogP contribution in [0.15, 0.2) is 52.3 Å². The molecule has 5 nitrogen and oxygen atoms in total. The zero-order chi connectivity index (χ0) is 24.6. The van der Waals surface area contributed by atoms with Crippen molar-refractivity contribution in [1.82, 2.24) is 9.63 Å². The zero-order valence-corrected chi connectivity index (χ0v) is 19.6. The second-order valence-electron chi connectivity index (χ2n) is 8.80. The third kappa shape index (κ3) is 4.70. The van der Waals surface area contributed by atoms with E-state index in [4.69, 9.17) is 11.6 Å². The Morgan fingerprint density at radius 2 is 1.91 bits per heavy atom. The smallest absolute Gasteiger partial charge is 0.416 e. The molecule has 0 bridgehead atoms. The van der Waals surface area contributed by atoms with Crippen molar-refractivity contribution in [3.63, 3.8) is 0 Å². The van der Waals surface area contributed by atoms with Crippen molar-refractivity contribution in [3.05, 3.63) is 80.1 Å². The Labute approximate surface area is 200 Å². The molecule has 1 aliphatic carbocycles. The molecular formula is C25H25ClF3N3O2. The molecule has 0 spiro atoms. The number of rotatable bonds is 5. The van der Waals surface area contributed by atoms with Gasteiger partial charge >= 0.3 is 6.18 Å². The molecule has 0 amide bonds. The number of hydrogen-bond donors (Lipinski definition) is 1. The van der Waals surface area contributed by atoms with Gasteiger partial charge in [-0.15, -0.1) is 0 Å². The van der Waals surface area contributed by atoms with E-state index in [-0.39, 0.29) is 46.0 Å². The van der Waals surface area contributed by atoms with E-state index in [1.165, 1.54) is 24.3 Å². The van der Waals surface area contributed by atoms with Gasteiger partial charge in [0.15, 0.2) is 5.43 Å². The van der Waals surface area contributed by atoms with Crippen LogP contribution in [-0.2, 0) is 12.6 Å². The fraction of sp³-hybridized carbons (Fsp3) is 0.360. The van der Waals surface area contributed by atoms with Crippen LogP contribution in [0.2, 0.25) is 5.02 Å². The van der Waals surface area contributed by atoms with Crippen LogP contribution >= 0.6 is 11.6 Å². The van der Waals surface area contributed by atoms with Gasteiger partial charge in [0.05, 0.1) is 27.7 Å². The van der Waals surface area contributed by atoms with Crippen molar-refractivity contribution in [2.75, 3.05) is 27.2 Å². The largest absolute Gasteiger partial charge is 0.428 e. The minimum Gasteiger partial charge on any atom is -0.428 e. The first-order valence-corrected chi connectivity index (χ1v) is 11.4. The van der Waals surface area contributed by atoms with Gasteiger partial charge < -0.3 is 10.1 Å². The number of pyridine rings is 1. The molecule has 0 saturated heterocycles. The minimum atomic E-state index is -4.51. The first-order chi connectivity index (χ1) is 16.1. The predicted octanol–water partition coefficient (Wildman–Crippen LogP) is 5.38. The number of nitrogens with zero attached hydrogens (tertiary/aromatic N) is 3. The van der Waals surface area contributed by atoms with Crippen molar-refractivity contribution in [2.45, 2.75) is 31.4 Å². The van der Waals surface area contributed by atoms with Crippen LogP contribution in [0.1, 0.15) is 41.1 Å². The van der Waals surface area contributed by atoms with E-state index in [9.17, 15) is 23.2 Å². The van der Waals surface area contributed by atoms with E-state index < -0.39 is 17.7 Å². The Kier molecular flexibility index (Phi) is 6.73. The van der Waals surface area contributed by atoms with Gasteiger partial charge in [0.25, 0.3) is 0 Å². The number of fused-ring (bicyclic) bond motifs is 2. The topological polar surface area (TPSA) is 57.8 Å². The summed E-state index contributed by atoms with van der Waals surface area (Å²) in [6, 6.07) is 10.0. The Hall–Kier alpha value is -2.84. The fourth-order valence-electron chi connectivity index (χ4n) is 4.59. The highest BCUT2D eigenvalue weighted by molar-refractivity contribution is 6.31. The van der Waals surface area contributed by atoms with E-state index in [0.717, 1.165) is 23.8 Å². The first-order valence-electron chi connectivity index (χ1n) is 11.0. The monoisotopic (exact) mass is 491 g/mol. The molecule has 0 saturated carbocycles. The maximum atomic E-state index is 13.8. The summed E-state index contributed by atoms with van der Waals surface area (Å²) in [5.74, 6) is -0.597. The molecule has 0 radical (unpaired) electrons. The molecule has 0 fully saturated rings.